The summed E-state index contributed by atoms with van der Waals surface area (Å²) in [7, 11) is 2.18. The van der Waals surface area contributed by atoms with Crippen molar-refractivity contribution in [1.29, 1.82) is 0 Å². The highest BCUT2D eigenvalue weighted by Crippen LogP contribution is 2.40. The monoisotopic (exact) mass is 422 g/mol. The molecule has 0 bridgehead atoms. The molecule has 166 valence electrons. The number of benzene rings is 2. The first kappa shape index (κ1) is 22.2. The van der Waals surface area contributed by atoms with Crippen molar-refractivity contribution in [3.05, 3.63) is 77.1 Å². The average Bonchev–Trinajstić information content (AvgIpc) is 2.91. The van der Waals surface area contributed by atoms with Crippen molar-refractivity contribution in [1.82, 2.24) is 9.80 Å². The Kier molecular flexibility index (Phi) is 7.21. The predicted molar refractivity (Wildman–Crippen MR) is 125 cm³/mol. The zero-order chi connectivity index (χ0) is 21.7. The molecule has 0 spiro atoms. The molecule has 1 N–H and O–H groups in total. The Bertz CT molecular complexity index is 859. The van der Waals surface area contributed by atoms with Gasteiger partial charge in [0.2, 0.25) is 0 Å². The molecule has 0 amide bonds. The third kappa shape index (κ3) is 5.62. The standard InChI is InChI=1S/C27H35FN2O/c1-29-15-17-30(18-16-29)21-25-10-6-5-9-24(19-22-11-13-26(28)14-12-22)27(25,31)20-23-7-3-2-4-8-23/h2-4,7-8,11-14,19,25,31H,5-6,9-10,15-18,20-21H2,1H3. The quantitative estimate of drug-likeness (QED) is 0.713. The van der Waals surface area contributed by atoms with Gasteiger partial charge in [0, 0.05) is 45.1 Å². The largest absolute Gasteiger partial charge is 0.385 e. The molecule has 1 aliphatic carbocycles. The number of piperazine rings is 1. The molecule has 2 unspecified atom stereocenters. The van der Waals surface area contributed by atoms with Gasteiger partial charge in [-0.1, -0.05) is 55.0 Å². The molecule has 2 aliphatic rings. The lowest BCUT2D eigenvalue weighted by Crippen LogP contribution is -2.51. The van der Waals surface area contributed by atoms with Gasteiger partial charge in [0.15, 0.2) is 0 Å². The first-order chi connectivity index (χ1) is 15.0. The van der Waals surface area contributed by atoms with E-state index in [4.69, 9.17) is 0 Å². The molecule has 3 nitrogen and oxygen atoms in total. The van der Waals surface area contributed by atoms with E-state index in [2.05, 4.69) is 35.1 Å². The highest BCUT2D eigenvalue weighted by atomic mass is 19.1. The summed E-state index contributed by atoms with van der Waals surface area (Å²) in [6.07, 6.45) is 6.89. The molecule has 2 fully saturated rings. The van der Waals surface area contributed by atoms with Crippen LogP contribution in [0.15, 0.2) is 60.2 Å². The molecular formula is C27H35FN2O. The maximum atomic E-state index is 13.4. The van der Waals surface area contributed by atoms with Crippen molar-refractivity contribution >= 4 is 6.08 Å². The van der Waals surface area contributed by atoms with E-state index in [-0.39, 0.29) is 11.7 Å². The predicted octanol–water partition coefficient (Wildman–Crippen LogP) is 4.62. The SMILES string of the molecule is CN1CCN(CC2CCCCC(=Cc3ccc(F)cc3)C2(O)Cc2ccccc2)CC1. The summed E-state index contributed by atoms with van der Waals surface area (Å²) in [5, 5.41) is 12.3. The molecule has 2 aromatic rings. The molecule has 2 aromatic carbocycles. The minimum Gasteiger partial charge on any atom is -0.385 e. The maximum Gasteiger partial charge on any atom is 0.123 e. The van der Waals surface area contributed by atoms with E-state index in [1.165, 1.54) is 17.7 Å². The van der Waals surface area contributed by atoms with Crippen molar-refractivity contribution in [2.75, 3.05) is 39.8 Å². The van der Waals surface area contributed by atoms with Crippen molar-refractivity contribution in [2.24, 2.45) is 5.92 Å². The van der Waals surface area contributed by atoms with Crippen molar-refractivity contribution in [3.63, 3.8) is 0 Å². The third-order valence-corrected chi connectivity index (χ3v) is 7.08. The molecular weight excluding hydrogens is 387 g/mol. The summed E-state index contributed by atoms with van der Waals surface area (Å²) in [5.74, 6) is -0.0409. The number of hydrogen-bond acceptors (Lipinski definition) is 3. The second kappa shape index (κ2) is 10.1. The lowest BCUT2D eigenvalue weighted by atomic mass is 9.74. The van der Waals surface area contributed by atoms with Gasteiger partial charge >= 0.3 is 0 Å². The van der Waals surface area contributed by atoms with E-state index in [1.807, 2.05) is 30.3 Å². The van der Waals surface area contributed by atoms with Crippen molar-refractivity contribution < 1.29 is 9.50 Å². The average molecular weight is 423 g/mol. The molecule has 1 saturated carbocycles. The first-order valence-corrected chi connectivity index (χ1v) is 11.7. The van der Waals surface area contributed by atoms with Crippen LogP contribution in [-0.4, -0.2) is 60.3 Å². The highest BCUT2D eigenvalue weighted by Gasteiger charge is 2.42. The van der Waals surface area contributed by atoms with Crippen LogP contribution in [0.1, 0.15) is 36.8 Å². The topological polar surface area (TPSA) is 26.7 Å². The smallest absolute Gasteiger partial charge is 0.123 e. The number of likely N-dealkylation sites (N-methyl/N-ethyl adjacent to an activating group) is 1. The van der Waals surface area contributed by atoms with E-state index in [0.29, 0.717) is 6.42 Å². The summed E-state index contributed by atoms with van der Waals surface area (Å²) < 4.78 is 13.4. The van der Waals surface area contributed by atoms with E-state index in [1.54, 1.807) is 0 Å². The van der Waals surface area contributed by atoms with Gasteiger partial charge in [-0.3, -0.25) is 0 Å². The van der Waals surface area contributed by atoms with Crippen LogP contribution in [0.3, 0.4) is 0 Å². The van der Waals surface area contributed by atoms with Gasteiger partial charge in [-0.2, -0.15) is 0 Å². The molecule has 2 atom stereocenters. The van der Waals surface area contributed by atoms with Crippen LogP contribution in [0.25, 0.3) is 6.08 Å². The van der Waals surface area contributed by atoms with Crippen LogP contribution in [0.4, 0.5) is 4.39 Å². The molecule has 1 aliphatic heterocycles. The lowest BCUT2D eigenvalue weighted by Gasteiger charge is -2.42. The summed E-state index contributed by atoms with van der Waals surface area (Å²) in [6.45, 7) is 5.22. The highest BCUT2D eigenvalue weighted by molar-refractivity contribution is 5.56. The van der Waals surface area contributed by atoms with E-state index in [0.717, 1.165) is 69.5 Å². The second-order valence-electron chi connectivity index (χ2n) is 9.35. The van der Waals surface area contributed by atoms with E-state index < -0.39 is 5.60 Å². The van der Waals surface area contributed by atoms with Crippen molar-refractivity contribution in [2.45, 2.75) is 37.7 Å². The Morgan fingerprint density at radius 2 is 1.71 bits per heavy atom. The number of hydrogen-bond donors (Lipinski definition) is 1. The van der Waals surface area contributed by atoms with Crippen LogP contribution in [0.5, 0.6) is 0 Å². The fourth-order valence-electron chi connectivity index (χ4n) is 5.13. The number of halogens is 1. The summed E-state index contributed by atoms with van der Waals surface area (Å²) in [6, 6.07) is 17.0. The maximum absolute atomic E-state index is 13.4. The summed E-state index contributed by atoms with van der Waals surface area (Å²) in [4.78, 5) is 4.90. The van der Waals surface area contributed by atoms with Gasteiger partial charge in [0.1, 0.15) is 5.82 Å². The summed E-state index contributed by atoms with van der Waals surface area (Å²) in [5.41, 5.74) is 2.33. The Labute approximate surface area is 186 Å². The Morgan fingerprint density at radius 3 is 2.42 bits per heavy atom. The van der Waals surface area contributed by atoms with Crippen LogP contribution < -0.4 is 0 Å². The Morgan fingerprint density at radius 1 is 1.00 bits per heavy atom. The zero-order valence-electron chi connectivity index (χ0n) is 18.6. The zero-order valence-corrected chi connectivity index (χ0v) is 18.6. The summed E-state index contributed by atoms with van der Waals surface area (Å²) >= 11 is 0. The fraction of sp³-hybridized carbons (Fsp3) is 0.481. The van der Waals surface area contributed by atoms with Crippen LogP contribution >= 0.6 is 0 Å². The van der Waals surface area contributed by atoms with Gasteiger partial charge in [-0.25, -0.2) is 4.39 Å². The molecule has 0 aromatic heterocycles. The van der Waals surface area contributed by atoms with Crippen molar-refractivity contribution in [3.8, 4) is 0 Å². The molecule has 4 heteroatoms. The van der Waals surface area contributed by atoms with Crippen LogP contribution in [-0.2, 0) is 6.42 Å². The normalized spacial score (nSPS) is 27.3. The first-order valence-electron chi connectivity index (χ1n) is 11.7. The number of aliphatic hydroxyl groups is 1. The number of nitrogens with zero attached hydrogens (tertiary/aromatic N) is 2. The lowest BCUT2D eigenvalue weighted by molar-refractivity contribution is -0.00643. The van der Waals surface area contributed by atoms with Gasteiger partial charge < -0.3 is 14.9 Å². The van der Waals surface area contributed by atoms with Gasteiger partial charge in [0.05, 0.1) is 5.60 Å². The van der Waals surface area contributed by atoms with Gasteiger partial charge in [-0.15, -0.1) is 0 Å². The Hall–Kier alpha value is -2.01. The van der Waals surface area contributed by atoms with Gasteiger partial charge in [-0.05, 0) is 55.1 Å². The van der Waals surface area contributed by atoms with Crippen LogP contribution in [0, 0.1) is 11.7 Å². The van der Waals surface area contributed by atoms with Crippen LogP contribution in [0.2, 0.25) is 0 Å². The molecule has 31 heavy (non-hydrogen) atoms. The van der Waals surface area contributed by atoms with E-state index >= 15 is 0 Å². The minimum absolute atomic E-state index is 0.185. The third-order valence-electron chi connectivity index (χ3n) is 7.08. The molecule has 0 radical (unpaired) electrons. The molecule has 1 saturated heterocycles. The molecule has 4 rings (SSSR count). The van der Waals surface area contributed by atoms with E-state index in [9.17, 15) is 9.50 Å². The fourth-order valence-corrected chi connectivity index (χ4v) is 5.13. The van der Waals surface area contributed by atoms with Gasteiger partial charge in [0.25, 0.3) is 0 Å². The second-order valence-corrected chi connectivity index (χ2v) is 9.35. The number of rotatable bonds is 5. The minimum atomic E-state index is -0.893. The Balaban J connectivity index is 1.66. The molecule has 1 heterocycles.